The van der Waals surface area contributed by atoms with Crippen LogP contribution in [0.25, 0.3) is 0 Å². The molecule has 1 rings (SSSR count). The van der Waals surface area contributed by atoms with Crippen LogP contribution in [0, 0.1) is 0 Å². The van der Waals surface area contributed by atoms with Crippen molar-refractivity contribution in [2.45, 2.75) is 13.3 Å². The number of nitrogen functional groups attached to an aromatic ring is 1. The predicted octanol–water partition coefficient (Wildman–Crippen LogP) is 1.59. The Morgan fingerprint density at radius 1 is 1.82 bits per heavy atom. The monoisotopic (exact) mass is 171 g/mol. The number of carboxylic acid groups (broad SMARTS) is 1. The van der Waals surface area contributed by atoms with Crippen LogP contribution in [0.2, 0.25) is 0 Å². The minimum absolute atomic E-state index is 0.275. The summed E-state index contributed by atoms with van der Waals surface area (Å²) < 4.78 is 0. The standard InChI is InChI=1S/C7H9NO2S/c1-2-4-3-11-6(8)5(4)7(9)10/h3H,2,8H2,1H3,(H,9,10). The van der Waals surface area contributed by atoms with E-state index in [0.717, 1.165) is 12.0 Å². The lowest BCUT2D eigenvalue weighted by molar-refractivity contribution is 0.0697. The van der Waals surface area contributed by atoms with Gasteiger partial charge in [0, 0.05) is 0 Å². The molecule has 0 atom stereocenters. The molecule has 3 nitrogen and oxygen atoms in total. The molecule has 0 saturated carbocycles. The molecule has 0 fully saturated rings. The first-order chi connectivity index (χ1) is 5.16. The predicted molar refractivity (Wildman–Crippen MR) is 45.1 cm³/mol. The molecule has 1 aromatic rings. The number of rotatable bonds is 2. The molecule has 11 heavy (non-hydrogen) atoms. The van der Waals surface area contributed by atoms with Crippen LogP contribution in [0.4, 0.5) is 5.00 Å². The molecule has 1 heterocycles. The van der Waals surface area contributed by atoms with E-state index in [1.165, 1.54) is 11.3 Å². The molecular formula is C7H9NO2S. The Labute approximate surface area is 68.5 Å². The van der Waals surface area contributed by atoms with Gasteiger partial charge in [-0.15, -0.1) is 11.3 Å². The molecule has 0 aliphatic carbocycles. The van der Waals surface area contributed by atoms with Crippen LogP contribution in [0.3, 0.4) is 0 Å². The summed E-state index contributed by atoms with van der Waals surface area (Å²) in [7, 11) is 0. The Balaban J connectivity index is 3.17. The van der Waals surface area contributed by atoms with Crippen molar-refractivity contribution in [1.29, 1.82) is 0 Å². The maximum Gasteiger partial charge on any atom is 0.338 e. The molecule has 0 unspecified atom stereocenters. The van der Waals surface area contributed by atoms with Crippen molar-refractivity contribution < 1.29 is 9.90 Å². The summed E-state index contributed by atoms with van der Waals surface area (Å²) in [6.07, 6.45) is 0.718. The highest BCUT2D eigenvalue weighted by atomic mass is 32.1. The van der Waals surface area contributed by atoms with E-state index in [9.17, 15) is 4.79 Å². The van der Waals surface area contributed by atoms with Crippen molar-refractivity contribution >= 4 is 22.3 Å². The largest absolute Gasteiger partial charge is 0.478 e. The van der Waals surface area contributed by atoms with Gasteiger partial charge in [-0.05, 0) is 17.4 Å². The number of carbonyl (C=O) groups is 1. The Hall–Kier alpha value is -1.03. The highest BCUT2D eigenvalue weighted by Crippen LogP contribution is 2.25. The Morgan fingerprint density at radius 2 is 2.45 bits per heavy atom. The Kier molecular flexibility index (Phi) is 2.14. The third kappa shape index (κ3) is 1.35. The fraction of sp³-hybridized carbons (Fsp3) is 0.286. The fourth-order valence-electron chi connectivity index (χ4n) is 0.914. The first-order valence-corrected chi connectivity index (χ1v) is 4.14. The van der Waals surface area contributed by atoms with Gasteiger partial charge in [0.25, 0.3) is 0 Å². The maximum absolute atomic E-state index is 10.6. The number of hydrogen-bond donors (Lipinski definition) is 2. The molecule has 60 valence electrons. The quantitative estimate of drug-likeness (QED) is 0.710. The van der Waals surface area contributed by atoms with E-state index in [0.29, 0.717) is 5.00 Å². The fourth-order valence-corrected chi connectivity index (χ4v) is 1.80. The Bertz CT molecular complexity index is 280. The number of hydrogen-bond acceptors (Lipinski definition) is 3. The molecule has 0 aromatic carbocycles. The lowest BCUT2D eigenvalue weighted by Gasteiger charge is -1.94. The zero-order valence-corrected chi connectivity index (χ0v) is 6.94. The van der Waals surface area contributed by atoms with Crippen LogP contribution in [-0.2, 0) is 6.42 Å². The third-order valence-electron chi connectivity index (χ3n) is 1.49. The minimum atomic E-state index is -0.930. The molecule has 0 radical (unpaired) electrons. The number of nitrogens with two attached hydrogens (primary N) is 1. The average molecular weight is 171 g/mol. The van der Waals surface area contributed by atoms with Gasteiger partial charge in [0.15, 0.2) is 0 Å². The Morgan fingerprint density at radius 3 is 2.82 bits per heavy atom. The molecule has 3 N–H and O–H groups in total. The zero-order chi connectivity index (χ0) is 8.43. The summed E-state index contributed by atoms with van der Waals surface area (Å²) in [5.74, 6) is -0.930. The molecule has 0 saturated heterocycles. The summed E-state index contributed by atoms with van der Waals surface area (Å²) in [4.78, 5) is 10.6. The van der Waals surface area contributed by atoms with Crippen molar-refractivity contribution in [2.75, 3.05) is 5.73 Å². The van der Waals surface area contributed by atoms with E-state index >= 15 is 0 Å². The number of aryl methyl sites for hydroxylation is 1. The molecule has 0 spiro atoms. The zero-order valence-electron chi connectivity index (χ0n) is 6.13. The van der Waals surface area contributed by atoms with E-state index in [2.05, 4.69) is 0 Å². The van der Waals surface area contributed by atoms with Gasteiger partial charge in [-0.1, -0.05) is 6.92 Å². The highest BCUT2D eigenvalue weighted by Gasteiger charge is 2.14. The first kappa shape index (κ1) is 8.07. The molecule has 4 heteroatoms. The van der Waals surface area contributed by atoms with E-state index < -0.39 is 5.97 Å². The average Bonchev–Trinajstić information content (AvgIpc) is 2.30. The number of anilines is 1. The SMILES string of the molecule is CCc1csc(N)c1C(=O)O. The first-order valence-electron chi connectivity index (χ1n) is 3.26. The smallest absolute Gasteiger partial charge is 0.338 e. The van der Waals surface area contributed by atoms with Crippen LogP contribution in [0.15, 0.2) is 5.38 Å². The van der Waals surface area contributed by atoms with Crippen LogP contribution in [-0.4, -0.2) is 11.1 Å². The molecule has 0 aliphatic heterocycles. The van der Waals surface area contributed by atoms with E-state index in [1.54, 1.807) is 5.38 Å². The van der Waals surface area contributed by atoms with Crippen LogP contribution in [0.5, 0.6) is 0 Å². The van der Waals surface area contributed by atoms with E-state index in [1.807, 2.05) is 6.92 Å². The van der Waals surface area contributed by atoms with Gasteiger partial charge in [0.2, 0.25) is 0 Å². The third-order valence-corrected chi connectivity index (χ3v) is 2.35. The van der Waals surface area contributed by atoms with Gasteiger partial charge in [-0.3, -0.25) is 0 Å². The second-order valence-electron chi connectivity index (χ2n) is 2.16. The second kappa shape index (κ2) is 2.92. The van der Waals surface area contributed by atoms with Gasteiger partial charge in [-0.2, -0.15) is 0 Å². The lowest BCUT2D eigenvalue weighted by Crippen LogP contribution is -2.01. The minimum Gasteiger partial charge on any atom is -0.478 e. The van der Waals surface area contributed by atoms with Crippen molar-refractivity contribution in [1.82, 2.24) is 0 Å². The molecule has 0 bridgehead atoms. The lowest BCUT2D eigenvalue weighted by atomic mass is 10.1. The van der Waals surface area contributed by atoms with Crippen molar-refractivity contribution in [3.05, 3.63) is 16.5 Å². The summed E-state index contributed by atoms with van der Waals surface area (Å²) >= 11 is 1.28. The summed E-state index contributed by atoms with van der Waals surface area (Å²) in [5, 5.41) is 10.9. The number of aromatic carboxylic acids is 1. The van der Waals surface area contributed by atoms with Crippen molar-refractivity contribution in [2.24, 2.45) is 0 Å². The highest BCUT2D eigenvalue weighted by molar-refractivity contribution is 7.14. The van der Waals surface area contributed by atoms with E-state index in [4.69, 9.17) is 10.8 Å². The summed E-state index contributed by atoms with van der Waals surface area (Å²) in [5.41, 5.74) is 6.55. The van der Waals surface area contributed by atoms with Crippen LogP contribution >= 0.6 is 11.3 Å². The summed E-state index contributed by atoms with van der Waals surface area (Å²) in [6.45, 7) is 1.91. The van der Waals surface area contributed by atoms with Gasteiger partial charge in [-0.25, -0.2) is 4.79 Å². The van der Waals surface area contributed by atoms with E-state index in [-0.39, 0.29) is 5.56 Å². The number of carboxylic acids is 1. The topological polar surface area (TPSA) is 63.3 Å². The normalized spacial score (nSPS) is 9.91. The van der Waals surface area contributed by atoms with Gasteiger partial charge in [0.1, 0.15) is 5.00 Å². The van der Waals surface area contributed by atoms with Crippen molar-refractivity contribution in [3.63, 3.8) is 0 Å². The molecular weight excluding hydrogens is 162 g/mol. The van der Waals surface area contributed by atoms with Gasteiger partial charge in [0.05, 0.1) is 5.56 Å². The van der Waals surface area contributed by atoms with Crippen LogP contribution < -0.4 is 5.73 Å². The van der Waals surface area contributed by atoms with Crippen molar-refractivity contribution in [3.8, 4) is 0 Å². The maximum atomic E-state index is 10.6. The van der Waals surface area contributed by atoms with Gasteiger partial charge >= 0.3 is 5.97 Å². The molecule has 0 aliphatic rings. The van der Waals surface area contributed by atoms with Gasteiger partial charge < -0.3 is 10.8 Å². The van der Waals surface area contributed by atoms with Crippen LogP contribution in [0.1, 0.15) is 22.8 Å². The molecule has 1 aromatic heterocycles. The molecule has 0 amide bonds. The second-order valence-corrected chi connectivity index (χ2v) is 3.07. The summed E-state index contributed by atoms with van der Waals surface area (Å²) in [6, 6.07) is 0. The number of thiophene rings is 1.